The maximum Gasteiger partial charge on any atom is 0.407 e. The molecule has 270 valence electrons. The largest absolute Gasteiger partial charge is 0.488 e. The van der Waals surface area contributed by atoms with Crippen molar-refractivity contribution in [3.05, 3.63) is 167 Å². The molecular formula is C45H43NO7. The number of hydrogen-bond acceptors (Lipinski definition) is 7. The van der Waals surface area contributed by atoms with Gasteiger partial charge in [0.15, 0.2) is 0 Å². The van der Waals surface area contributed by atoms with Crippen LogP contribution in [0.15, 0.2) is 133 Å². The summed E-state index contributed by atoms with van der Waals surface area (Å²) in [6, 6.07) is 39.6. The Kier molecular flexibility index (Phi) is 11.7. The van der Waals surface area contributed by atoms with Crippen molar-refractivity contribution in [1.82, 2.24) is 5.32 Å². The molecule has 1 aliphatic carbocycles. The molecule has 1 atom stereocenters. The maximum absolute atomic E-state index is 13.6. The van der Waals surface area contributed by atoms with Crippen molar-refractivity contribution >= 4 is 24.1 Å². The van der Waals surface area contributed by atoms with Gasteiger partial charge in [-0.05, 0) is 77.9 Å². The molecule has 5 aromatic rings. The summed E-state index contributed by atoms with van der Waals surface area (Å²) in [4.78, 5) is 39.6. The molecule has 0 bridgehead atoms. The molecule has 8 heteroatoms. The SMILES string of the molecule is CC(C)(C)OC(=O)/C=C/c1cc(C[C@H](NC(=O)OCC2c3ccccc3-c3ccccc32)C(=O)OCc2ccccc2)ccc1OCc1ccccc1. The Morgan fingerprint density at radius 3 is 1.91 bits per heavy atom. The predicted molar refractivity (Wildman–Crippen MR) is 204 cm³/mol. The zero-order valence-electron chi connectivity index (χ0n) is 30.1. The van der Waals surface area contributed by atoms with Gasteiger partial charge >= 0.3 is 18.0 Å². The third-order valence-corrected chi connectivity index (χ3v) is 8.70. The van der Waals surface area contributed by atoms with Crippen molar-refractivity contribution in [1.29, 1.82) is 0 Å². The Balaban J connectivity index is 1.21. The Labute approximate surface area is 310 Å². The Morgan fingerprint density at radius 2 is 1.28 bits per heavy atom. The van der Waals surface area contributed by atoms with E-state index in [2.05, 4.69) is 17.4 Å². The van der Waals surface area contributed by atoms with Crippen molar-refractivity contribution in [3.63, 3.8) is 0 Å². The second-order valence-corrected chi connectivity index (χ2v) is 13.8. The average molecular weight is 710 g/mol. The lowest BCUT2D eigenvalue weighted by Gasteiger charge is -2.20. The number of rotatable bonds is 13. The van der Waals surface area contributed by atoms with Crippen LogP contribution in [-0.2, 0) is 43.4 Å². The van der Waals surface area contributed by atoms with E-state index >= 15 is 0 Å². The summed E-state index contributed by atoms with van der Waals surface area (Å²) in [6.45, 7) is 5.85. The number of amides is 1. The number of nitrogens with one attached hydrogen (secondary N) is 1. The van der Waals surface area contributed by atoms with Gasteiger partial charge < -0.3 is 24.3 Å². The van der Waals surface area contributed by atoms with Crippen LogP contribution in [0.3, 0.4) is 0 Å². The van der Waals surface area contributed by atoms with Gasteiger partial charge in [0.25, 0.3) is 0 Å². The summed E-state index contributed by atoms with van der Waals surface area (Å²) in [5.74, 6) is -0.724. The lowest BCUT2D eigenvalue weighted by atomic mass is 9.98. The van der Waals surface area contributed by atoms with Crippen molar-refractivity contribution in [2.45, 2.75) is 58.0 Å². The van der Waals surface area contributed by atoms with Crippen molar-refractivity contribution in [3.8, 4) is 16.9 Å². The van der Waals surface area contributed by atoms with E-state index in [1.807, 2.05) is 109 Å². The van der Waals surface area contributed by atoms with Gasteiger partial charge in [-0.2, -0.15) is 0 Å². The smallest absolute Gasteiger partial charge is 0.407 e. The first-order valence-electron chi connectivity index (χ1n) is 17.7. The number of ether oxygens (including phenoxy) is 4. The zero-order valence-corrected chi connectivity index (χ0v) is 30.1. The fourth-order valence-corrected chi connectivity index (χ4v) is 6.26. The fraction of sp³-hybridized carbons (Fsp3) is 0.222. The number of benzene rings is 5. The second-order valence-electron chi connectivity index (χ2n) is 13.8. The highest BCUT2D eigenvalue weighted by Crippen LogP contribution is 2.44. The first kappa shape index (κ1) is 36.6. The molecule has 53 heavy (non-hydrogen) atoms. The molecule has 0 fully saturated rings. The molecule has 1 amide bonds. The second kappa shape index (κ2) is 16.9. The third-order valence-electron chi connectivity index (χ3n) is 8.70. The fourth-order valence-electron chi connectivity index (χ4n) is 6.26. The van der Waals surface area contributed by atoms with E-state index in [1.54, 1.807) is 32.9 Å². The summed E-state index contributed by atoms with van der Waals surface area (Å²) >= 11 is 0. The van der Waals surface area contributed by atoms with Gasteiger partial charge in [-0.25, -0.2) is 14.4 Å². The molecule has 1 aliphatic rings. The average Bonchev–Trinajstić information content (AvgIpc) is 3.48. The van der Waals surface area contributed by atoms with Crippen molar-refractivity contribution < 1.29 is 33.3 Å². The molecule has 1 N–H and O–H groups in total. The number of carbonyl (C=O) groups excluding carboxylic acids is 3. The molecule has 0 aromatic heterocycles. The summed E-state index contributed by atoms with van der Waals surface area (Å²) in [5.41, 5.74) is 6.84. The van der Waals surface area contributed by atoms with Crippen molar-refractivity contribution in [2.24, 2.45) is 0 Å². The van der Waals surface area contributed by atoms with Crippen LogP contribution >= 0.6 is 0 Å². The molecule has 6 rings (SSSR count). The minimum Gasteiger partial charge on any atom is -0.488 e. The van der Waals surface area contributed by atoms with Gasteiger partial charge in [0.2, 0.25) is 0 Å². The number of carbonyl (C=O) groups is 3. The Morgan fingerprint density at radius 1 is 0.698 bits per heavy atom. The van der Waals surface area contributed by atoms with Crippen molar-refractivity contribution in [2.75, 3.05) is 6.61 Å². The van der Waals surface area contributed by atoms with Crippen LogP contribution in [0.5, 0.6) is 5.75 Å². The van der Waals surface area contributed by atoms with Crippen LogP contribution in [-0.4, -0.2) is 36.3 Å². The van der Waals surface area contributed by atoms with Gasteiger partial charge in [0.05, 0.1) is 0 Å². The topological polar surface area (TPSA) is 100 Å². The highest BCUT2D eigenvalue weighted by molar-refractivity contribution is 5.88. The van der Waals surface area contributed by atoms with Crippen LogP contribution in [0.1, 0.15) is 60.1 Å². The normalized spacial score (nSPS) is 12.7. The number of hydrogen-bond donors (Lipinski definition) is 1. The predicted octanol–water partition coefficient (Wildman–Crippen LogP) is 8.81. The maximum atomic E-state index is 13.6. The summed E-state index contributed by atoms with van der Waals surface area (Å²) in [6.07, 6.45) is 2.32. The molecule has 8 nitrogen and oxygen atoms in total. The highest BCUT2D eigenvalue weighted by Gasteiger charge is 2.30. The zero-order chi connectivity index (χ0) is 37.2. The summed E-state index contributed by atoms with van der Waals surface area (Å²) in [7, 11) is 0. The van der Waals surface area contributed by atoms with Crippen LogP contribution < -0.4 is 10.1 Å². The third kappa shape index (κ3) is 10.0. The summed E-state index contributed by atoms with van der Waals surface area (Å²) < 4.78 is 23.1. The first-order chi connectivity index (χ1) is 25.6. The molecule has 0 radical (unpaired) electrons. The summed E-state index contributed by atoms with van der Waals surface area (Å²) in [5, 5.41) is 2.77. The van der Waals surface area contributed by atoms with Crippen LogP contribution in [0.4, 0.5) is 4.79 Å². The van der Waals surface area contributed by atoms with Gasteiger partial charge in [0, 0.05) is 24.0 Å². The highest BCUT2D eigenvalue weighted by atomic mass is 16.6. The van der Waals surface area contributed by atoms with Crippen LogP contribution in [0.25, 0.3) is 17.2 Å². The monoisotopic (exact) mass is 709 g/mol. The lowest BCUT2D eigenvalue weighted by Crippen LogP contribution is -2.43. The van der Waals surface area contributed by atoms with Gasteiger partial charge in [-0.15, -0.1) is 0 Å². The lowest BCUT2D eigenvalue weighted by molar-refractivity contribution is -0.148. The quantitative estimate of drug-likeness (QED) is 0.0741. The molecule has 5 aromatic carbocycles. The van der Waals surface area contributed by atoms with E-state index < -0.39 is 29.7 Å². The minimum absolute atomic E-state index is 0.0404. The van der Waals surface area contributed by atoms with Crippen LogP contribution in [0.2, 0.25) is 0 Å². The van der Waals surface area contributed by atoms with E-state index in [0.717, 1.165) is 33.4 Å². The van der Waals surface area contributed by atoms with E-state index in [9.17, 15) is 14.4 Å². The molecule has 0 spiro atoms. The minimum atomic E-state index is -1.08. The molecule has 0 saturated carbocycles. The molecule has 0 unspecified atom stereocenters. The molecule has 0 aliphatic heterocycles. The van der Waals surface area contributed by atoms with Gasteiger partial charge in [0.1, 0.15) is 37.2 Å². The first-order valence-corrected chi connectivity index (χ1v) is 17.7. The molecular weight excluding hydrogens is 666 g/mol. The standard InChI is InChI=1S/C45H43NO7/c1-45(2,3)53-42(47)25-23-34-26-33(22-24-41(34)50-28-31-14-6-4-7-15-31)27-40(43(48)51-29-32-16-8-5-9-17-32)46-44(49)52-30-39-37-20-12-10-18-35(37)36-19-11-13-21-38(36)39/h4-26,39-40H,27-30H2,1-3H3,(H,46,49)/b25-23+/t40-/m0/s1. The van der Waals surface area contributed by atoms with Crippen LogP contribution in [0, 0.1) is 0 Å². The Bertz CT molecular complexity index is 2020. The number of alkyl carbamates (subject to hydrolysis) is 1. The van der Waals surface area contributed by atoms with E-state index in [0.29, 0.717) is 23.5 Å². The number of fused-ring (bicyclic) bond motifs is 3. The Hall–Kier alpha value is -6.15. The van der Waals surface area contributed by atoms with E-state index in [-0.39, 0.29) is 25.6 Å². The van der Waals surface area contributed by atoms with E-state index in [1.165, 1.54) is 6.08 Å². The van der Waals surface area contributed by atoms with Gasteiger partial charge in [-0.3, -0.25) is 0 Å². The van der Waals surface area contributed by atoms with E-state index in [4.69, 9.17) is 18.9 Å². The van der Waals surface area contributed by atoms with Gasteiger partial charge in [-0.1, -0.05) is 115 Å². The molecule has 0 saturated heterocycles. The number of esters is 2. The molecule has 0 heterocycles.